The van der Waals surface area contributed by atoms with Crippen LogP contribution in [0.2, 0.25) is 0 Å². The van der Waals surface area contributed by atoms with Crippen LogP contribution in [0.4, 0.5) is 4.39 Å². The van der Waals surface area contributed by atoms with Crippen molar-refractivity contribution in [1.82, 2.24) is 10.0 Å². The minimum absolute atomic E-state index is 0.0931. The molecule has 0 radical (unpaired) electrons. The van der Waals surface area contributed by atoms with Gasteiger partial charge < -0.3 is 5.32 Å². The molecule has 5 nitrogen and oxygen atoms in total. The predicted molar refractivity (Wildman–Crippen MR) is 118 cm³/mol. The van der Waals surface area contributed by atoms with E-state index in [2.05, 4.69) is 10.0 Å². The maximum absolute atomic E-state index is 13.2. The molecule has 3 aromatic rings. The monoisotopic (exact) mass is 440 g/mol. The Balaban J connectivity index is 1.82. The second kappa shape index (κ2) is 9.85. The molecule has 1 amide bonds. The Labute approximate surface area is 182 Å². The van der Waals surface area contributed by atoms with Crippen LogP contribution in [0.25, 0.3) is 0 Å². The molecule has 0 unspecified atom stereocenters. The lowest BCUT2D eigenvalue weighted by Gasteiger charge is -2.22. The van der Waals surface area contributed by atoms with Gasteiger partial charge in [-0.3, -0.25) is 4.79 Å². The molecule has 3 aromatic carbocycles. The summed E-state index contributed by atoms with van der Waals surface area (Å²) in [7, 11) is -3.91. The van der Waals surface area contributed by atoms with Gasteiger partial charge in [-0.05, 0) is 55.7 Å². The molecule has 2 N–H and O–H groups in total. The number of amides is 1. The second-order valence-corrected chi connectivity index (χ2v) is 9.17. The summed E-state index contributed by atoms with van der Waals surface area (Å²) in [4.78, 5) is 13.1. The van der Waals surface area contributed by atoms with Crippen molar-refractivity contribution < 1.29 is 17.6 Å². The van der Waals surface area contributed by atoms with E-state index in [1.807, 2.05) is 37.3 Å². The van der Waals surface area contributed by atoms with Crippen LogP contribution in [0, 0.1) is 12.7 Å². The van der Waals surface area contributed by atoms with E-state index in [0.717, 1.165) is 16.7 Å². The fourth-order valence-corrected chi connectivity index (χ4v) is 4.35. The first kappa shape index (κ1) is 22.7. The Morgan fingerprint density at radius 3 is 2.16 bits per heavy atom. The lowest BCUT2D eigenvalue weighted by atomic mass is 10.0. The van der Waals surface area contributed by atoms with Crippen molar-refractivity contribution in [1.29, 1.82) is 0 Å². The van der Waals surface area contributed by atoms with Crippen LogP contribution in [0.3, 0.4) is 0 Å². The third-order valence-electron chi connectivity index (χ3n) is 4.96. The number of hydrogen-bond acceptors (Lipinski definition) is 3. The summed E-state index contributed by atoms with van der Waals surface area (Å²) < 4.78 is 41.6. The minimum atomic E-state index is -3.91. The largest absolute Gasteiger partial charge is 0.348 e. The average Bonchev–Trinajstić information content (AvgIpc) is 2.74. The summed E-state index contributed by atoms with van der Waals surface area (Å²) in [5, 5.41) is 2.83. The zero-order chi connectivity index (χ0) is 22.4. The number of halogens is 1. The second-order valence-electron chi connectivity index (χ2n) is 7.46. The van der Waals surface area contributed by atoms with E-state index in [0.29, 0.717) is 0 Å². The van der Waals surface area contributed by atoms with Crippen molar-refractivity contribution in [3.05, 3.63) is 101 Å². The smallest absolute Gasteiger partial charge is 0.241 e. The van der Waals surface area contributed by atoms with Gasteiger partial charge in [0, 0.05) is 0 Å². The Morgan fingerprint density at radius 1 is 0.935 bits per heavy atom. The molecule has 0 heterocycles. The normalized spacial score (nSPS) is 13.4. The standard InChI is InChI=1S/C24H25FN2O3S/c1-17-8-14-22(15-9-17)31(29,30)27-23(16-19-6-4-3-5-7-19)24(28)26-18(2)20-10-12-21(25)13-11-20/h3-15,18,23,27H,16H2,1-2H3,(H,26,28)/t18-,23-/m1/s1. The van der Waals surface area contributed by atoms with Crippen molar-refractivity contribution >= 4 is 15.9 Å². The Bertz CT molecular complexity index is 1120. The lowest BCUT2D eigenvalue weighted by Crippen LogP contribution is -2.48. The molecule has 2 atom stereocenters. The van der Waals surface area contributed by atoms with Gasteiger partial charge in [-0.2, -0.15) is 4.72 Å². The molecule has 0 aliphatic carbocycles. The Morgan fingerprint density at radius 2 is 1.55 bits per heavy atom. The van der Waals surface area contributed by atoms with E-state index in [-0.39, 0.29) is 17.1 Å². The van der Waals surface area contributed by atoms with Gasteiger partial charge in [0.1, 0.15) is 11.9 Å². The summed E-state index contributed by atoms with van der Waals surface area (Å²) in [5.74, 6) is -0.827. The molecular weight excluding hydrogens is 415 g/mol. The first-order valence-electron chi connectivity index (χ1n) is 9.93. The molecule has 7 heteroatoms. The van der Waals surface area contributed by atoms with Crippen molar-refractivity contribution in [3.8, 4) is 0 Å². The number of rotatable bonds is 8. The zero-order valence-electron chi connectivity index (χ0n) is 17.4. The molecule has 0 fully saturated rings. The molecule has 0 bridgehead atoms. The Hall–Kier alpha value is -3.03. The van der Waals surface area contributed by atoms with Gasteiger partial charge in [0.05, 0.1) is 10.9 Å². The topological polar surface area (TPSA) is 75.3 Å². The van der Waals surface area contributed by atoms with Gasteiger partial charge in [0.2, 0.25) is 15.9 Å². The van der Waals surface area contributed by atoms with Crippen LogP contribution >= 0.6 is 0 Å². The number of nitrogens with one attached hydrogen (secondary N) is 2. The van der Waals surface area contributed by atoms with E-state index in [1.165, 1.54) is 24.3 Å². The van der Waals surface area contributed by atoms with Crippen molar-refractivity contribution in [2.75, 3.05) is 0 Å². The van der Waals surface area contributed by atoms with Crippen molar-refractivity contribution in [3.63, 3.8) is 0 Å². The average molecular weight is 441 g/mol. The maximum atomic E-state index is 13.2. The number of hydrogen-bond donors (Lipinski definition) is 2. The zero-order valence-corrected chi connectivity index (χ0v) is 18.2. The van der Waals surface area contributed by atoms with Gasteiger partial charge in [-0.1, -0.05) is 60.2 Å². The fraction of sp³-hybridized carbons (Fsp3) is 0.208. The molecule has 0 spiro atoms. The van der Waals surface area contributed by atoms with Crippen LogP contribution in [-0.4, -0.2) is 20.4 Å². The molecule has 3 rings (SSSR count). The molecule has 0 saturated carbocycles. The van der Waals surface area contributed by atoms with E-state index in [4.69, 9.17) is 0 Å². The fourth-order valence-electron chi connectivity index (χ4n) is 3.16. The highest BCUT2D eigenvalue weighted by Crippen LogP contribution is 2.16. The van der Waals surface area contributed by atoms with Crippen molar-refractivity contribution in [2.45, 2.75) is 37.2 Å². The van der Waals surface area contributed by atoms with E-state index >= 15 is 0 Å². The SMILES string of the molecule is Cc1ccc(S(=O)(=O)N[C@H](Cc2ccccc2)C(=O)N[C@H](C)c2ccc(F)cc2)cc1. The number of sulfonamides is 1. The summed E-state index contributed by atoms with van der Waals surface area (Å²) in [6, 6.07) is 20.0. The van der Waals surface area contributed by atoms with Gasteiger partial charge >= 0.3 is 0 Å². The molecular formula is C24H25FN2O3S. The lowest BCUT2D eigenvalue weighted by molar-refractivity contribution is -0.123. The summed E-state index contributed by atoms with van der Waals surface area (Å²) in [6.07, 6.45) is 0.188. The first-order chi connectivity index (χ1) is 14.7. The summed E-state index contributed by atoms with van der Waals surface area (Å²) in [6.45, 7) is 3.63. The quantitative estimate of drug-likeness (QED) is 0.558. The number of carbonyl (C=O) groups excluding carboxylic acids is 1. The minimum Gasteiger partial charge on any atom is -0.348 e. The predicted octanol–water partition coefficient (Wildman–Crippen LogP) is 3.90. The van der Waals surface area contributed by atoms with Crippen LogP contribution in [0.5, 0.6) is 0 Å². The molecule has 0 aliphatic heterocycles. The maximum Gasteiger partial charge on any atom is 0.241 e. The number of benzene rings is 3. The highest BCUT2D eigenvalue weighted by atomic mass is 32.2. The molecule has 31 heavy (non-hydrogen) atoms. The molecule has 0 aliphatic rings. The van der Waals surface area contributed by atoms with Gasteiger partial charge in [0.25, 0.3) is 0 Å². The van der Waals surface area contributed by atoms with E-state index < -0.39 is 28.0 Å². The summed E-state index contributed by atoms with van der Waals surface area (Å²) in [5.41, 5.74) is 2.48. The summed E-state index contributed by atoms with van der Waals surface area (Å²) >= 11 is 0. The van der Waals surface area contributed by atoms with Gasteiger partial charge in [0.15, 0.2) is 0 Å². The third-order valence-corrected chi connectivity index (χ3v) is 6.44. The van der Waals surface area contributed by atoms with Crippen LogP contribution < -0.4 is 10.0 Å². The number of aryl methyl sites for hydroxylation is 1. The molecule has 0 aromatic heterocycles. The van der Waals surface area contributed by atoms with Gasteiger partial charge in [-0.15, -0.1) is 0 Å². The third kappa shape index (κ3) is 6.23. The highest BCUT2D eigenvalue weighted by Gasteiger charge is 2.27. The highest BCUT2D eigenvalue weighted by molar-refractivity contribution is 7.89. The molecule has 0 saturated heterocycles. The number of carbonyl (C=O) groups is 1. The Kier molecular flexibility index (Phi) is 7.20. The van der Waals surface area contributed by atoms with Gasteiger partial charge in [-0.25, -0.2) is 12.8 Å². The van der Waals surface area contributed by atoms with E-state index in [9.17, 15) is 17.6 Å². The van der Waals surface area contributed by atoms with E-state index in [1.54, 1.807) is 31.2 Å². The van der Waals surface area contributed by atoms with Crippen molar-refractivity contribution in [2.24, 2.45) is 0 Å². The molecule has 162 valence electrons. The van der Waals surface area contributed by atoms with Crippen LogP contribution in [0.15, 0.2) is 83.8 Å². The first-order valence-corrected chi connectivity index (χ1v) is 11.4. The van der Waals surface area contributed by atoms with Crippen LogP contribution in [-0.2, 0) is 21.2 Å². The van der Waals surface area contributed by atoms with Crippen LogP contribution in [0.1, 0.15) is 29.7 Å².